The molecule has 2 aromatic rings. The molecule has 1 aliphatic heterocycles. The van der Waals surface area contributed by atoms with Crippen LogP contribution in [0.1, 0.15) is 25.0 Å². The van der Waals surface area contributed by atoms with E-state index in [0.29, 0.717) is 47.0 Å². The number of ether oxygens (including phenoxy) is 4. The second-order valence-electron chi connectivity index (χ2n) is 6.34. The fraction of sp³-hybridized carbons (Fsp3) is 0.318. The van der Waals surface area contributed by atoms with E-state index in [-0.39, 0.29) is 0 Å². The summed E-state index contributed by atoms with van der Waals surface area (Å²) in [5.74, 6) is 3.05. The van der Waals surface area contributed by atoms with Gasteiger partial charge >= 0.3 is 0 Å². The predicted molar refractivity (Wildman–Crippen MR) is 118 cm³/mol. The molecule has 1 heterocycles. The first-order valence-electron chi connectivity index (χ1n) is 9.43. The molecule has 0 bridgehead atoms. The zero-order valence-electron chi connectivity index (χ0n) is 17.2. The molecule has 1 aliphatic rings. The maximum Gasteiger partial charge on any atom is 0.161 e. The highest BCUT2D eigenvalue weighted by molar-refractivity contribution is 8.43. The SMILES string of the molecule is CCOc1ccc(C2=NC=CS2(O)Cc2ccc(OC)c(OC)c2)cc1OCC. The molecule has 2 aromatic carbocycles. The third-order valence-electron chi connectivity index (χ3n) is 4.44. The van der Waals surface area contributed by atoms with Crippen LogP contribution in [0.4, 0.5) is 0 Å². The molecule has 1 unspecified atom stereocenters. The summed E-state index contributed by atoms with van der Waals surface area (Å²) in [5.41, 5.74) is 1.76. The van der Waals surface area contributed by atoms with Crippen LogP contribution in [0.25, 0.3) is 0 Å². The molecule has 156 valence electrons. The molecule has 3 rings (SSSR count). The van der Waals surface area contributed by atoms with E-state index in [1.807, 2.05) is 50.2 Å². The average molecular weight is 418 g/mol. The van der Waals surface area contributed by atoms with Gasteiger partial charge in [-0.2, -0.15) is 0 Å². The lowest BCUT2D eigenvalue weighted by atomic mass is 10.2. The monoisotopic (exact) mass is 417 g/mol. The Balaban J connectivity index is 1.90. The van der Waals surface area contributed by atoms with Crippen molar-refractivity contribution in [2.45, 2.75) is 19.6 Å². The smallest absolute Gasteiger partial charge is 0.161 e. The summed E-state index contributed by atoms with van der Waals surface area (Å²) in [6.07, 6.45) is 1.67. The van der Waals surface area contributed by atoms with Gasteiger partial charge in [0.15, 0.2) is 23.0 Å². The summed E-state index contributed by atoms with van der Waals surface area (Å²) in [5, 5.41) is 2.44. The van der Waals surface area contributed by atoms with Crippen LogP contribution in [-0.2, 0) is 5.75 Å². The van der Waals surface area contributed by atoms with Crippen LogP contribution in [-0.4, -0.2) is 37.0 Å². The van der Waals surface area contributed by atoms with E-state index in [4.69, 9.17) is 18.9 Å². The van der Waals surface area contributed by atoms with Gasteiger partial charge in [-0.1, -0.05) is 16.4 Å². The molecule has 0 aromatic heterocycles. The van der Waals surface area contributed by atoms with Crippen LogP contribution in [0.15, 0.2) is 53.0 Å². The Hall–Kier alpha value is -2.64. The van der Waals surface area contributed by atoms with Gasteiger partial charge in [0, 0.05) is 22.9 Å². The van der Waals surface area contributed by atoms with Crippen molar-refractivity contribution in [3.63, 3.8) is 0 Å². The minimum absolute atomic E-state index is 0.430. The maximum atomic E-state index is 11.5. The minimum atomic E-state index is -2.28. The van der Waals surface area contributed by atoms with Gasteiger partial charge in [-0.05, 0) is 49.7 Å². The third-order valence-corrected chi connectivity index (χ3v) is 6.79. The lowest BCUT2D eigenvalue weighted by molar-refractivity contribution is 0.288. The van der Waals surface area contributed by atoms with E-state index in [9.17, 15) is 4.55 Å². The van der Waals surface area contributed by atoms with Crippen molar-refractivity contribution in [1.82, 2.24) is 0 Å². The lowest BCUT2D eigenvalue weighted by Gasteiger charge is -2.29. The Labute approximate surface area is 173 Å². The molecule has 6 nitrogen and oxygen atoms in total. The molecular formula is C22H27NO5S. The number of nitrogens with zero attached hydrogens (tertiary/aromatic N) is 1. The van der Waals surface area contributed by atoms with E-state index in [0.717, 1.165) is 11.1 Å². The zero-order valence-corrected chi connectivity index (χ0v) is 18.0. The number of benzene rings is 2. The van der Waals surface area contributed by atoms with Gasteiger partial charge in [0.25, 0.3) is 0 Å². The number of hydrogen-bond acceptors (Lipinski definition) is 6. The lowest BCUT2D eigenvalue weighted by Crippen LogP contribution is -2.12. The van der Waals surface area contributed by atoms with Gasteiger partial charge in [-0.15, -0.1) is 0 Å². The molecule has 7 heteroatoms. The van der Waals surface area contributed by atoms with Crippen molar-refractivity contribution in [3.8, 4) is 23.0 Å². The van der Waals surface area contributed by atoms with Gasteiger partial charge in [0.05, 0.1) is 27.4 Å². The first-order chi connectivity index (χ1) is 14.0. The molecule has 0 saturated heterocycles. The van der Waals surface area contributed by atoms with Crippen LogP contribution in [0.2, 0.25) is 0 Å². The van der Waals surface area contributed by atoms with Crippen LogP contribution >= 0.6 is 10.3 Å². The van der Waals surface area contributed by atoms with Crippen molar-refractivity contribution >= 4 is 15.4 Å². The van der Waals surface area contributed by atoms with Crippen molar-refractivity contribution in [2.24, 2.45) is 4.99 Å². The summed E-state index contributed by atoms with van der Waals surface area (Å²) in [6, 6.07) is 11.3. The van der Waals surface area contributed by atoms with Gasteiger partial charge in [0.2, 0.25) is 0 Å². The quantitative estimate of drug-likeness (QED) is 0.606. The van der Waals surface area contributed by atoms with Gasteiger partial charge in [0.1, 0.15) is 5.04 Å². The normalized spacial score (nSPS) is 20.0. The van der Waals surface area contributed by atoms with Crippen LogP contribution in [0, 0.1) is 0 Å². The number of methoxy groups -OCH3 is 2. The Morgan fingerprint density at radius 1 is 0.862 bits per heavy atom. The highest BCUT2D eigenvalue weighted by Gasteiger charge is 2.30. The third kappa shape index (κ3) is 4.52. The van der Waals surface area contributed by atoms with Crippen molar-refractivity contribution < 1.29 is 23.5 Å². The Bertz CT molecular complexity index is 927. The van der Waals surface area contributed by atoms with Crippen molar-refractivity contribution in [3.05, 3.63) is 59.1 Å². The minimum Gasteiger partial charge on any atom is -0.493 e. The predicted octanol–water partition coefficient (Wildman–Crippen LogP) is 5.21. The number of aliphatic imine (C=N–C) groups is 1. The zero-order chi connectivity index (χ0) is 20.9. The molecule has 0 aliphatic carbocycles. The highest BCUT2D eigenvalue weighted by Crippen LogP contribution is 2.55. The molecule has 0 amide bonds. The summed E-state index contributed by atoms with van der Waals surface area (Å²) < 4.78 is 33.5. The first-order valence-corrected chi connectivity index (χ1v) is 11.3. The second-order valence-corrected chi connectivity index (χ2v) is 8.79. The standard InChI is InChI=1S/C22H27NO5S/c1-5-27-19-10-8-17(14-21(19)28-6-2)22-23-11-12-29(22,24)15-16-7-9-18(25-3)20(13-16)26-4/h7-14,24H,5-6,15H2,1-4H3. The summed E-state index contributed by atoms with van der Waals surface area (Å²) in [4.78, 5) is 4.48. The Morgan fingerprint density at radius 2 is 1.55 bits per heavy atom. The fourth-order valence-corrected chi connectivity index (χ4v) is 5.25. The maximum absolute atomic E-state index is 11.5. The van der Waals surface area contributed by atoms with E-state index in [1.54, 1.807) is 25.8 Å². The van der Waals surface area contributed by atoms with Crippen LogP contribution < -0.4 is 18.9 Å². The first kappa shape index (κ1) is 21.1. The molecule has 0 spiro atoms. The number of rotatable bonds is 9. The van der Waals surface area contributed by atoms with Gasteiger partial charge in [-0.3, -0.25) is 0 Å². The summed E-state index contributed by atoms with van der Waals surface area (Å²) >= 11 is 0. The molecule has 0 radical (unpaired) electrons. The van der Waals surface area contributed by atoms with E-state index >= 15 is 0 Å². The average Bonchev–Trinajstić information content (AvgIpc) is 3.10. The van der Waals surface area contributed by atoms with Crippen molar-refractivity contribution in [2.75, 3.05) is 27.4 Å². The molecule has 29 heavy (non-hydrogen) atoms. The van der Waals surface area contributed by atoms with E-state index in [1.165, 1.54) is 0 Å². The summed E-state index contributed by atoms with van der Waals surface area (Å²) in [7, 11) is 0.922. The Morgan fingerprint density at radius 3 is 2.24 bits per heavy atom. The molecule has 1 N–H and O–H groups in total. The molecular weight excluding hydrogens is 390 g/mol. The fourth-order valence-electron chi connectivity index (χ4n) is 3.16. The molecule has 0 saturated carbocycles. The van der Waals surface area contributed by atoms with Gasteiger partial charge < -0.3 is 23.5 Å². The van der Waals surface area contributed by atoms with Crippen molar-refractivity contribution in [1.29, 1.82) is 0 Å². The Kier molecular flexibility index (Phi) is 6.71. The van der Waals surface area contributed by atoms with Gasteiger partial charge in [-0.25, -0.2) is 4.99 Å². The second kappa shape index (κ2) is 9.24. The van der Waals surface area contributed by atoms with Crippen LogP contribution in [0.5, 0.6) is 23.0 Å². The van der Waals surface area contributed by atoms with E-state index < -0.39 is 10.3 Å². The highest BCUT2D eigenvalue weighted by atomic mass is 32.3. The van der Waals surface area contributed by atoms with E-state index in [2.05, 4.69) is 4.99 Å². The van der Waals surface area contributed by atoms with Crippen LogP contribution in [0.3, 0.4) is 0 Å². The summed E-state index contributed by atoms with van der Waals surface area (Å²) in [6.45, 7) is 4.93. The molecule has 1 atom stereocenters. The molecule has 0 fully saturated rings. The topological polar surface area (TPSA) is 69.5 Å². The largest absolute Gasteiger partial charge is 0.493 e. The number of hydrogen-bond donors (Lipinski definition) is 1.